The highest BCUT2D eigenvalue weighted by molar-refractivity contribution is 14.0. The predicted molar refractivity (Wildman–Crippen MR) is 137 cm³/mol. The van der Waals surface area contributed by atoms with Gasteiger partial charge in [0.25, 0.3) is 0 Å². The third kappa shape index (κ3) is 6.03. The number of fused-ring (bicyclic) bond motifs is 1. The first-order valence-corrected chi connectivity index (χ1v) is 10.7. The Labute approximate surface area is 213 Å². The second-order valence-electron chi connectivity index (χ2n) is 7.95. The van der Waals surface area contributed by atoms with Gasteiger partial charge in [-0.25, -0.2) is 0 Å². The number of benzene rings is 2. The first-order valence-electron chi connectivity index (χ1n) is 10.7. The van der Waals surface area contributed by atoms with Crippen LogP contribution in [0.5, 0.6) is 23.0 Å². The van der Waals surface area contributed by atoms with Crippen LogP contribution in [0.4, 0.5) is 0 Å². The van der Waals surface area contributed by atoms with Crippen molar-refractivity contribution in [2.24, 2.45) is 0 Å². The molecule has 1 aliphatic heterocycles. The molecule has 3 rings (SSSR count). The van der Waals surface area contributed by atoms with Gasteiger partial charge in [0, 0.05) is 18.5 Å². The number of nitrogens with zero attached hydrogens (tertiary/aromatic N) is 1. The molecule has 0 aromatic heterocycles. The summed E-state index contributed by atoms with van der Waals surface area (Å²) in [6, 6.07) is 10.4. The van der Waals surface area contributed by atoms with Crippen LogP contribution in [0.15, 0.2) is 30.3 Å². The Balaban J connectivity index is 0.00000385. The van der Waals surface area contributed by atoms with E-state index >= 15 is 0 Å². The molecule has 0 amide bonds. The van der Waals surface area contributed by atoms with Crippen LogP contribution in [0.3, 0.4) is 0 Å². The first kappa shape index (κ1) is 27.0. The number of methoxy groups -OCH3 is 5. The highest BCUT2D eigenvalue weighted by atomic mass is 127. The lowest BCUT2D eigenvalue weighted by atomic mass is 9.84. The topological polar surface area (TPSA) is 66.5 Å². The molecule has 0 unspecified atom stereocenters. The SMILES string of the molecule is COC(=O)CC[C@@H]1Cc2cc(OC)c(OC)cc2[C@@H](Cc2ccc(OC)c(OC)c2)N1C.I. The van der Waals surface area contributed by atoms with E-state index in [0.29, 0.717) is 29.4 Å². The van der Waals surface area contributed by atoms with Crippen molar-refractivity contribution in [3.63, 3.8) is 0 Å². The maximum Gasteiger partial charge on any atom is 0.305 e. The number of esters is 1. The molecule has 8 heteroatoms. The summed E-state index contributed by atoms with van der Waals surface area (Å²) in [6.07, 6.45) is 2.70. The summed E-state index contributed by atoms with van der Waals surface area (Å²) in [5.41, 5.74) is 3.55. The lowest BCUT2D eigenvalue weighted by Gasteiger charge is -2.41. The third-order valence-corrected chi connectivity index (χ3v) is 6.31. The van der Waals surface area contributed by atoms with Crippen molar-refractivity contribution in [3.05, 3.63) is 47.0 Å². The van der Waals surface area contributed by atoms with Gasteiger partial charge in [0.15, 0.2) is 23.0 Å². The molecule has 1 aliphatic rings. The molecule has 0 saturated heterocycles. The van der Waals surface area contributed by atoms with Gasteiger partial charge >= 0.3 is 5.97 Å². The zero-order valence-electron chi connectivity index (χ0n) is 20.2. The van der Waals surface area contributed by atoms with Gasteiger partial charge < -0.3 is 23.7 Å². The molecule has 2 atom stereocenters. The van der Waals surface area contributed by atoms with E-state index in [4.69, 9.17) is 23.7 Å². The summed E-state index contributed by atoms with van der Waals surface area (Å²) in [4.78, 5) is 14.1. The fraction of sp³-hybridized carbons (Fsp3) is 0.480. The van der Waals surface area contributed by atoms with Gasteiger partial charge in [0.2, 0.25) is 0 Å². The molecular formula is C25H34INO6. The number of carbonyl (C=O) groups excluding carboxylic acids is 1. The summed E-state index contributed by atoms with van der Waals surface area (Å²) in [6.45, 7) is 0. The monoisotopic (exact) mass is 571 g/mol. The van der Waals surface area contributed by atoms with E-state index in [2.05, 4.69) is 30.1 Å². The molecule has 0 aliphatic carbocycles. The summed E-state index contributed by atoms with van der Waals surface area (Å²) < 4.78 is 26.9. The molecule has 0 radical (unpaired) electrons. The summed E-state index contributed by atoms with van der Waals surface area (Å²) in [5.74, 6) is 2.65. The lowest BCUT2D eigenvalue weighted by molar-refractivity contribution is -0.141. The number of likely N-dealkylation sites (N-methyl/N-ethyl adjacent to an activating group) is 1. The van der Waals surface area contributed by atoms with Gasteiger partial charge in [0.1, 0.15) is 0 Å². The van der Waals surface area contributed by atoms with Crippen molar-refractivity contribution in [3.8, 4) is 23.0 Å². The van der Waals surface area contributed by atoms with Crippen molar-refractivity contribution >= 4 is 29.9 Å². The molecule has 1 heterocycles. The van der Waals surface area contributed by atoms with E-state index in [-0.39, 0.29) is 42.0 Å². The normalized spacial score (nSPS) is 17.4. The molecule has 0 spiro atoms. The van der Waals surface area contributed by atoms with Gasteiger partial charge in [-0.2, -0.15) is 0 Å². The number of rotatable bonds is 9. The Morgan fingerprint density at radius 3 is 2.12 bits per heavy atom. The van der Waals surface area contributed by atoms with Crippen molar-refractivity contribution in [2.45, 2.75) is 37.8 Å². The molecule has 0 N–H and O–H groups in total. The van der Waals surface area contributed by atoms with Crippen LogP contribution in [0.25, 0.3) is 0 Å². The Kier molecular flexibility index (Phi) is 10.1. The van der Waals surface area contributed by atoms with E-state index in [9.17, 15) is 4.79 Å². The summed E-state index contributed by atoms with van der Waals surface area (Å²) >= 11 is 0. The quantitative estimate of drug-likeness (QED) is 0.326. The third-order valence-electron chi connectivity index (χ3n) is 6.31. The molecule has 2 aromatic carbocycles. The van der Waals surface area contributed by atoms with Crippen LogP contribution in [0, 0.1) is 0 Å². The molecule has 182 valence electrons. The van der Waals surface area contributed by atoms with Crippen LogP contribution in [-0.2, 0) is 22.4 Å². The molecule has 2 aromatic rings. The largest absolute Gasteiger partial charge is 0.493 e. The van der Waals surface area contributed by atoms with Crippen LogP contribution >= 0.6 is 24.0 Å². The second kappa shape index (κ2) is 12.3. The minimum Gasteiger partial charge on any atom is -0.493 e. The van der Waals surface area contributed by atoms with Crippen LogP contribution in [0.1, 0.15) is 35.6 Å². The maximum atomic E-state index is 11.8. The average molecular weight is 571 g/mol. The van der Waals surface area contributed by atoms with Crippen molar-refractivity contribution < 1.29 is 28.5 Å². The van der Waals surface area contributed by atoms with Gasteiger partial charge in [0.05, 0.1) is 35.5 Å². The van der Waals surface area contributed by atoms with E-state index < -0.39 is 0 Å². The minimum absolute atomic E-state index is 0. The number of carbonyl (C=O) groups is 1. The molecule has 0 fully saturated rings. The van der Waals surface area contributed by atoms with E-state index in [1.807, 2.05) is 12.1 Å². The van der Waals surface area contributed by atoms with Crippen LogP contribution < -0.4 is 18.9 Å². The second-order valence-corrected chi connectivity index (χ2v) is 7.95. The Morgan fingerprint density at radius 1 is 0.909 bits per heavy atom. The van der Waals surface area contributed by atoms with Crippen molar-refractivity contribution in [1.29, 1.82) is 0 Å². The molecule has 33 heavy (non-hydrogen) atoms. The van der Waals surface area contributed by atoms with E-state index in [0.717, 1.165) is 24.8 Å². The molecule has 7 nitrogen and oxygen atoms in total. The average Bonchev–Trinajstić information content (AvgIpc) is 2.83. The Morgan fingerprint density at radius 2 is 1.52 bits per heavy atom. The lowest BCUT2D eigenvalue weighted by Crippen LogP contribution is -2.42. The van der Waals surface area contributed by atoms with Gasteiger partial charge in [-0.15, -0.1) is 24.0 Å². The zero-order chi connectivity index (χ0) is 23.3. The summed E-state index contributed by atoms with van der Waals surface area (Å²) in [5, 5.41) is 0. The van der Waals surface area contributed by atoms with Gasteiger partial charge in [-0.3, -0.25) is 9.69 Å². The van der Waals surface area contributed by atoms with E-state index in [1.54, 1.807) is 28.4 Å². The minimum atomic E-state index is -0.187. The highest BCUT2D eigenvalue weighted by Gasteiger charge is 2.33. The number of ether oxygens (including phenoxy) is 5. The van der Waals surface area contributed by atoms with Crippen molar-refractivity contribution in [2.75, 3.05) is 42.6 Å². The number of hydrogen-bond acceptors (Lipinski definition) is 7. The first-order chi connectivity index (χ1) is 15.4. The number of hydrogen-bond donors (Lipinski definition) is 0. The predicted octanol–water partition coefficient (Wildman–Crippen LogP) is 4.43. The number of halogens is 1. The summed E-state index contributed by atoms with van der Waals surface area (Å²) in [7, 11) is 10.1. The standard InChI is InChI=1S/C25H33NO6.HI/c1-26-18(8-10-25(27)32-6)13-17-14-23(30-4)24(31-5)15-19(17)20(26)11-16-7-9-21(28-2)22(12-16)29-3;/h7,9,12,14-15,18,20H,8,10-11,13H2,1-6H3;1H/t18-,20-;/m1./s1. The Bertz CT molecular complexity index is 951. The van der Waals surface area contributed by atoms with E-state index in [1.165, 1.54) is 18.2 Å². The molecular weight excluding hydrogens is 537 g/mol. The highest BCUT2D eigenvalue weighted by Crippen LogP contribution is 2.42. The maximum absolute atomic E-state index is 11.8. The smallest absolute Gasteiger partial charge is 0.305 e. The molecule has 0 bridgehead atoms. The van der Waals surface area contributed by atoms with Gasteiger partial charge in [-0.05, 0) is 67.3 Å². The van der Waals surface area contributed by atoms with Crippen molar-refractivity contribution in [1.82, 2.24) is 4.90 Å². The Hall–Kier alpha value is -2.20. The fourth-order valence-electron chi connectivity index (χ4n) is 4.47. The fourth-order valence-corrected chi connectivity index (χ4v) is 4.47. The van der Waals surface area contributed by atoms with Crippen LogP contribution in [-0.4, -0.2) is 59.5 Å². The van der Waals surface area contributed by atoms with Gasteiger partial charge in [-0.1, -0.05) is 6.07 Å². The van der Waals surface area contributed by atoms with Crippen LogP contribution in [0.2, 0.25) is 0 Å². The molecule has 0 saturated carbocycles. The zero-order valence-corrected chi connectivity index (χ0v) is 22.5.